The van der Waals surface area contributed by atoms with Gasteiger partial charge in [0.25, 0.3) is 5.91 Å². The number of hydrogen-bond acceptors (Lipinski definition) is 7. The molecule has 0 fully saturated rings. The summed E-state index contributed by atoms with van der Waals surface area (Å²) in [4.78, 5) is 25.9. The van der Waals surface area contributed by atoms with Gasteiger partial charge in [0.2, 0.25) is 6.33 Å². The highest BCUT2D eigenvalue weighted by Crippen LogP contribution is 2.23. The zero-order valence-electron chi connectivity index (χ0n) is 15.6. The number of anilines is 1. The molecule has 4 rings (SSSR count). The number of benzene rings is 1. The van der Waals surface area contributed by atoms with Crippen molar-refractivity contribution in [3.05, 3.63) is 80.6 Å². The van der Waals surface area contributed by atoms with Crippen molar-refractivity contribution < 1.29 is 9.72 Å². The van der Waals surface area contributed by atoms with Gasteiger partial charge >= 0.3 is 5.95 Å². The Labute approximate surface area is 184 Å². The minimum absolute atomic E-state index is 0.0652. The fraction of sp³-hybridized carbons (Fsp3) is 0.118. The molecule has 4 aromatic rings. The van der Waals surface area contributed by atoms with E-state index in [0.717, 1.165) is 5.56 Å². The van der Waals surface area contributed by atoms with Crippen molar-refractivity contribution in [1.82, 2.24) is 34.3 Å². The van der Waals surface area contributed by atoms with Crippen molar-refractivity contribution in [2.45, 2.75) is 13.2 Å². The molecule has 0 aliphatic carbocycles. The predicted molar refractivity (Wildman–Crippen MR) is 110 cm³/mol. The molecule has 31 heavy (non-hydrogen) atoms. The summed E-state index contributed by atoms with van der Waals surface area (Å²) in [6.45, 7) is 0.515. The van der Waals surface area contributed by atoms with Crippen LogP contribution in [0.5, 0.6) is 0 Å². The normalized spacial score (nSPS) is 10.9. The van der Waals surface area contributed by atoms with Crippen LogP contribution in [0.3, 0.4) is 0 Å². The Morgan fingerprint density at radius 2 is 1.97 bits per heavy atom. The quantitative estimate of drug-likeness (QED) is 0.329. The maximum atomic E-state index is 12.4. The predicted octanol–water partition coefficient (Wildman–Crippen LogP) is 2.69. The van der Waals surface area contributed by atoms with Crippen LogP contribution in [0.2, 0.25) is 10.0 Å². The number of carbonyl (C=O) groups is 1. The molecule has 1 N–H and O–H groups in total. The number of nitrogens with one attached hydrogen (secondary N) is 1. The highest BCUT2D eigenvalue weighted by Gasteiger charge is 2.15. The highest BCUT2D eigenvalue weighted by atomic mass is 35.5. The third-order valence-electron chi connectivity index (χ3n) is 4.07. The van der Waals surface area contributed by atoms with Crippen molar-refractivity contribution in [3.63, 3.8) is 0 Å². The average Bonchev–Trinajstić information content (AvgIpc) is 3.47. The Morgan fingerprint density at radius 3 is 2.71 bits per heavy atom. The van der Waals surface area contributed by atoms with E-state index in [1.165, 1.54) is 28.0 Å². The molecule has 0 aliphatic heterocycles. The van der Waals surface area contributed by atoms with Gasteiger partial charge in [0.15, 0.2) is 12.4 Å². The molecule has 158 valence electrons. The second-order valence-corrected chi connectivity index (χ2v) is 7.17. The first-order chi connectivity index (χ1) is 14.9. The van der Waals surface area contributed by atoms with Gasteiger partial charge < -0.3 is 15.4 Å². The molecule has 0 bridgehead atoms. The lowest BCUT2D eigenvalue weighted by Gasteiger charge is -2.03. The van der Waals surface area contributed by atoms with E-state index in [4.69, 9.17) is 23.2 Å². The lowest BCUT2D eigenvalue weighted by molar-refractivity contribution is -0.394. The summed E-state index contributed by atoms with van der Waals surface area (Å²) >= 11 is 11.9. The van der Waals surface area contributed by atoms with Crippen LogP contribution >= 0.6 is 23.2 Å². The number of nitro groups is 1. The number of carbonyl (C=O) groups excluding carboxylic acids is 1. The molecule has 0 atom stereocenters. The number of nitrogens with zero attached hydrogens (tertiary/aromatic N) is 8. The average molecular weight is 462 g/mol. The Bertz CT molecular complexity index is 1260. The number of rotatable bonds is 7. The molecule has 0 saturated heterocycles. The van der Waals surface area contributed by atoms with Crippen molar-refractivity contribution in [2.75, 3.05) is 5.32 Å². The minimum Gasteiger partial charge on any atom is -0.390 e. The van der Waals surface area contributed by atoms with E-state index in [1.807, 2.05) is 6.07 Å². The second kappa shape index (κ2) is 8.53. The van der Waals surface area contributed by atoms with Gasteiger partial charge in [-0.3, -0.25) is 9.48 Å². The number of amides is 1. The molecular weight excluding hydrogens is 449 g/mol. The monoisotopic (exact) mass is 461 g/mol. The molecule has 0 saturated carbocycles. The van der Waals surface area contributed by atoms with Crippen LogP contribution in [0.1, 0.15) is 16.1 Å². The third-order valence-corrected chi connectivity index (χ3v) is 4.81. The van der Waals surface area contributed by atoms with E-state index in [-0.39, 0.29) is 12.4 Å². The lowest BCUT2D eigenvalue weighted by Crippen LogP contribution is -2.14. The largest absolute Gasteiger partial charge is 0.491 e. The molecule has 14 heteroatoms. The lowest BCUT2D eigenvalue weighted by atomic mass is 10.2. The first kappa shape index (κ1) is 20.5. The third kappa shape index (κ3) is 4.87. The molecule has 3 heterocycles. The number of hydrogen-bond donors (Lipinski definition) is 1. The smallest absolute Gasteiger partial charge is 0.390 e. The molecule has 0 spiro atoms. The molecule has 1 amide bonds. The van der Waals surface area contributed by atoms with Gasteiger partial charge in [0.05, 0.1) is 28.5 Å². The fourth-order valence-corrected chi connectivity index (χ4v) is 3.00. The van der Waals surface area contributed by atoms with Crippen LogP contribution in [0.25, 0.3) is 0 Å². The van der Waals surface area contributed by atoms with E-state index in [1.54, 1.807) is 29.2 Å². The summed E-state index contributed by atoms with van der Waals surface area (Å²) in [6.07, 6.45) is 5.95. The molecule has 12 nitrogen and oxygen atoms in total. The maximum absolute atomic E-state index is 12.4. The van der Waals surface area contributed by atoms with E-state index >= 15 is 0 Å². The topological polar surface area (TPSA) is 139 Å². The van der Waals surface area contributed by atoms with Gasteiger partial charge in [-0.2, -0.15) is 14.9 Å². The first-order valence-corrected chi connectivity index (χ1v) is 9.48. The SMILES string of the molecule is O=C(Nc1cnn(Cc2ccc(Cl)c(Cl)c2)c1)c1ccn(Cn2cnc([N+](=O)[O-])n2)n1. The highest BCUT2D eigenvalue weighted by molar-refractivity contribution is 6.42. The van der Waals surface area contributed by atoms with Crippen molar-refractivity contribution >= 4 is 40.7 Å². The number of halogens is 2. The van der Waals surface area contributed by atoms with E-state index in [2.05, 4.69) is 25.6 Å². The van der Waals surface area contributed by atoms with Gasteiger partial charge in [-0.25, -0.2) is 4.68 Å². The van der Waals surface area contributed by atoms with Crippen LogP contribution in [-0.2, 0) is 13.2 Å². The summed E-state index contributed by atoms with van der Waals surface area (Å²) in [5, 5.41) is 26.3. The van der Waals surface area contributed by atoms with E-state index < -0.39 is 16.8 Å². The Balaban J connectivity index is 1.37. The van der Waals surface area contributed by atoms with Crippen LogP contribution in [0, 0.1) is 10.1 Å². The Kier molecular flexibility index (Phi) is 5.64. The van der Waals surface area contributed by atoms with E-state index in [0.29, 0.717) is 22.3 Å². The summed E-state index contributed by atoms with van der Waals surface area (Å²) in [7, 11) is 0. The van der Waals surface area contributed by atoms with Crippen LogP contribution < -0.4 is 5.32 Å². The molecule has 0 aliphatic rings. The van der Waals surface area contributed by atoms with Crippen molar-refractivity contribution in [3.8, 4) is 0 Å². The van der Waals surface area contributed by atoms with Crippen molar-refractivity contribution in [1.29, 1.82) is 0 Å². The zero-order valence-corrected chi connectivity index (χ0v) is 17.1. The Morgan fingerprint density at radius 1 is 1.13 bits per heavy atom. The van der Waals surface area contributed by atoms with Gasteiger partial charge in [0, 0.05) is 17.5 Å². The first-order valence-electron chi connectivity index (χ1n) is 8.72. The Hall–Kier alpha value is -3.77. The van der Waals surface area contributed by atoms with E-state index in [9.17, 15) is 14.9 Å². The molecule has 0 unspecified atom stereocenters. The van der Waals surface area contributed by atoms with Gasteiger partial charge in [-0.1, -0.05) is 34.3 Å². The van der Waals surface area contributed by atoms with Gasteiger partial charge in [0.1, 0.15) is 0 Å². The number of aromatic nitrogens is 7. The fourth-order valence-electron chi connectivity index (χ4n) is 2.68. The molecule has 3 aromatic heterocycles. The van der Waals surface area contributed by atoms with Gasteiger partial charge in [-0.05, 0) is 28.7 Å². The second-order valence-electron chi connectivity index (χ2n) is 6.35. The zero-order chi connectivity index (χ0) is 22.0. The molecule has 1 aromatic carbocycles. The summed E-state index contributed by atoms with van der Waals surface area (Å²) in [5.74, 6) is -0.944. The standard InChI is InChI=1S/C17H13Cl2N9O3/c18-13-2-1-11(5-14(13)19)7-26-8-12(6-21-26)22-16(29)15-3-4-25(23-15)10-27-9-20-17(24-27)28(30)31/h1-6,8-9H,7,10H2,(H,22,29). The van der Waals surface area contributed by atoms with Crippen LogP contribution in [-0.4, -0.2) is 45.2 Å². The summed E-state index contributed by atoms with van der Waals surface area (Å²) < 4.78 is 4.28. The summed E-state index contributed by atoms with van der Waals surface area (Å²) in [6, 6.07) is 6.81. The minimum atomic E-state index is -0.694. The maximum Gasteiger partial charge on any atom is 0.491 e. The van der Waals surface area contributed by atoms with Crippen LogP contribution in [0.4, 0.5) is 11.6 Å². The summed E-state index contributed by atoms with van der Waals surface area (Å²) in [5.41, 5.74) is 1.56. The van der Waals surface area contributed by atoms with Crippen molar-refractivity contribution in [2.24, 2.45) is 0 Å². The van der Waals surface area contributed by atoms with Crippen LogP contribution in [0.15, 0.2) is 49.2 Å². The molecular formula is C17H13Cl2N9O3. The van der Waals surface area contributed by atoms with Gasteiger partial charge in [-0.15, -0.1) is 0 Å². The molecule has 0 radical (unpaired) electrons.